The molecule has 0 aromatic carbocycles. The van der Waals surface area contributed by atoms with E-state index in [1.165, 1.54) is 17.7 Å². The van der Waals surface area contributed by atoms with Gasteiger partial charge in [-0.3, -0.25) is 0 Å². The Morgan fingerprint density at radius 3 is 2.29 bits per heavy atom. The van der Waals surface area contributed by atoms with Crippen LogP contribution < -0.4 is 0 Å². The number of rotatable bonds is 0. The van der Waals surface area contributed by atoms with Crippen molar-refractivity contribution in [3.63, 3.8) is 0 Å². The molecule has 1 aliphatic rings. The summed E-state index contributed by atoms with van der Waals surface area (Å²) in [5.41, 5.74) is 3.03. The molecule has 1 aliphatic carbocycles. The van der Waals surface area contributed by atoms with Gasteiger partial charge in [-0.25, -0.2) is 9.97 Å². The molecule has 0 saturated heterocycles. The molecular weight excluding hydrogens is 208 g/mol. The van der Waals surface area contributed by atoms with E-state index in [1.807, 2.05) is 0 Å². The molecule has 0 saturated carbocycles. The van der Waals surface area contributed by atoms with Crippen molar-refractivity contribution in [1.29, 1.82) is 0 Å². The monoisotopic (exact) mass is 232 g/mol. The summed E-state index contributed by atoms with van der Waals surface area (Å²) in [6, 6.07) is 0. The first-order valence-electron chi connectivity index (χ1n) is 6.56. The van der Waals surface area contributed by atoms with Crippen molar-refractivity contribution in [2.75, 3.05) is 0 Å². The van der Waals surface area contributed by atoms with Gasteiger partial charge in [-0.2, -0.15) is 0 Å². The van der Waals surface area contributed by atoms with E-state index in [0.29, 0.717) is 11.3 Å². The highest BCUT2D eigenvalue weighted by Crippen LogP contribution is 2.44. The van der Waals surface area contributed by atoms with Gasteiger partial charge in [0.25, 0.3) is 0 Å². The third-order valence-electron chi connectivity index (χ3n) is 3.66. The molecule has 17 heavy (non-hydrogen) atoms. The van der Waals surface area contributed by atoms with Gasteiger partial charge in [-0.1, -0.05) is 41.5 Å². The molecule has 0 spiro atoms. The van der Waals surface area contributed by atoms with Crippen molar-refractivity contribution in [1.82, 2.24) is 9.97 Å². The fourth-order valence-electron chi connectivity index (χ4n) is 2.62. The van der Waals surface area contributed by atoms with E-state index in [2.05, 4.69) is 52.7 Å². The van der Waals surface area contributed by atoms with Crippen LogP contribution in [-0.4, -0.2) is 9.97 Å². The third kappa shape index (κ3) is 2.36. The maximum atomic E-state index is 4.78. The first-order valence-corrected chi connectivity index (χ1v) is 6.56. The molecule has 2 heteroatoms. The summed E-state index contributed by atoms with van der Waals surface area (Å²) < 4.78 is 0. The first-order chi connectivity index (χ1) is 7.69. The molecule has 1 aromatic heterocycles. The van der Waals surface area contributed by atoms with Crippen LogP contribution >= 0.6 is 0 Å². The molecule has 0 radical (unpaired) electrons. The Morgan fingerprint density at radius 1 is 1.12 bits per heavy atom. The maximum Gasteiger partial charge on any atom is 0.133 e. The average molecular weight is 232 g/mol. The number of hydrogen-bond donors (Lipinski definition) is 0. The Bertz CT molecular complexity index is 422. The normalized spacial score (nSPS) is 20.5. The highest BCUT2D eigenvalue weighted by molar-refractivity contribution is 5.30. The van der Waals surface area contributed by atoms with Crippen molar-refractivity contribution in [3.8, 4) is 0 Å². The number of nitrogens with zero attached hydrogens (tertiary/aromatic N) is 2. The molecule has 0 fully saturated rings. The highest BCUT2D eigenvalue weighted by Gasteiger charge is 2.34. The van der Waals surface area contributed by atoms with Gasteiger partial charge in [0.1, 0.15) is 5.82 Å². The van der Waals surface area contributed by atoms with Crippen LogP contribution in [0.2, 0.25) is 0 Å². The van der Waals surface area contributed by atoms with Crippen LogP contribution in [-0.2, 0) is 11.8 Å². The number of fused-ring (bicyclic) bond motifs is 1. The Morgan fingerprint density at radius 2 is 1.76 bits per heavy atom. The summed E-state index contributed by atoms with van der Waals surface area (Å²) in [4.78, 5) is 9.35. The van der Waals surface area contributed by atoms with E-state index < -0.39 is 0 Å². The Kier molecular flexibility index (Phi) is 2.80. The van der Waals surface area contributed by atoms with Gasteiger partial charge >= 0.3 is 0 Å². The largest absolute Gasteiger partial charge is 0.240 e. The maximum absolute atomic E-state index is 4.78. The molecule has 0 bridgehead atoms. The smallest absolute Gasteiger partial charge is 0.133 e. The molecular formula is C15H24N2. The molecule has 1 heterocycles. The molecule has 2 nitrogen and oxygen atoms in total. The van der Waals surface area contributed by atoms with Crippen molar-refractivity contribution < 1.29 is 0 Å². The van der Waals surface area contributed by atoms with Crippen LogP contribution in [0.1, 0.15) is 71.0 Å². The number of aromatic nitrogens is 2. The lowest BCUT2D eigenvalue weighted by Crippen LogP contribution is -2.19. The van der Waals surface area contributed by atoms with Gasteiger partial charge < -0.3 is 0 Å². The molecule has 0 N–H and O–H groups in total. The highest BCUT2D eigenvalue weighted by atomic mass is 14.9. The molecule has 0 aliphatic heterocycles. The lowest BCUT2D eigenvalue weighted by atomic mass is 9.78. The molecule has 1 unspecified atom stereocenters. The lowest BCUT2D eigenvalue weighted by molar-refractivity contribution is 0.318. The molecule has 1 aromatic rings. The summed E-state index contributed by atoms with van der Waals surface area (Å²) in [6.45, 7) is 13.4. The van der Waals surface area contributed by atoms with Crippen LogP contribution in [0.25, 0.3) is 0 Å². The van der Waals surface area contributed by atoms with Crippen LogP contribution in [0, 0.1) is 5.41 Å². The summed E-state index contributed by atoms with van der Waals surface area (Å²) in [5.74, 6) is 1.59. The number of aryl methyl sites for hydroxylation is 1. The van der Waals surface area contributed by atoms with Crippen molar-refractivity contribution in [2.24, 2.45) is 5.41 Å². The van der Waals surface area contributed by atoms with Gasteiger partial charge in [-0.15, -0.1) is 0 Å². The quantitative estimate of drug-likeness (QED) is 0.679. The summed E-state index contributed by atoms with van der Waals surface area (Å²) >= 11 is 0. The van der Waals surface area contributed by atoms with E-state index in [1.54, 1.807) is 0 Å². The SMILES string of the molecule is CC(C)(C)c1ncc2c(n1)CCC2C(C)(C)C. The predicted octanol–water partition coefficient (Wildman–Crippen LogP) is 3.85. The Labute approximate surface area is 105 Å². The fourth-order valence-corrected chi connectivity index (χ4v) is 2.62. The van der Waals surface area contributed by atoms with Gasteiger partial charge in [0, 0.05) is 17.3 Å². The van der Waals surface area contributed by atoms with Gasteiger partial charge in [0.15, 0.2) is 0 Å². The molecule has 94 valence electrons. The summed E-state index contributed by atoms with van der Waals surface area (Å²) in [7, 11) is 0. The zero-order chi connectivity index (χ0) is 12.8. The van der Waals surface area contributed by atoms with E-state index in [9.17, 15) is 0 Å². The van der Waals surface area contributed by atoms with Crippen molar-refractivity contribution >= 4 is 0 Å². The summed E-state index contributed by atoms with van der Waals surface area (Å²) in [5, 5.41) is 0. The molecule has 0 amide bonds. The van der Waals surface area contributed by atoms with E-state index >= 15 is 0 Å². The van der Waals surface area contributed by atoms with Crippen molar-refractivity contribution in [3.05, 3.63) is 23.3 Å². The fraction of sp³-hybridized carbons (Fsp3) is 0.733. The van der Waals surface area contributed by atoms with Gasteiger partial charge in [0.05, 0.1) is 0 Å². The van der Waals surface area contributed by atoms with Crippen LogP contribution in [0.5, 0.6) is 0 Å². The topological polar surface area (TPSA) is 25.8 Å². The van der Waals surface area contributed by atoms with Crippen LogP contribution in [0.15, 0.2) is 6.20 Å². The van der Waals surface area contributed by atoms with Crippen molar-refractivity contribution in [2.45, 2.75) is 65.7 Å². The van der Waals surface area contributed by atoms with E-state index in [-0.39, 0.29) is 5.41 Å². The zero-order valence-electron chi connectivity index (χ0n) is 12.0. The Balaban J connectivity index is 2.39. The van der Waals surface area contributed by atoms with Gasteiger partial charge in [0.2, 0.25) is 0 Å². The Hall–Kier alpha value is -0.920. The first kappa shape index (κ1) is 12.5. The standard InChI is InChI=1S/C15H24N2/c1-14(2,3)11-7-8-12-10(11)9-16-13(17-12)15(4,5)6/h9,11H,7-8H2,1-6H3. The second kappa shape index (κ2) is 3.79. The second-order valence-electron chi connectivity index (χ2n) is 7.30. The zero-order valence-corrected chi connectivity index (χ0v) is 12.0. The van der Waals surface area contributed by atoms with E-state index in [4.69, 9.17) is 4.98 Å². The van der Waals surface area contributed by atoms with E-state index in [0.717, 1.165) is 12.2 Å². The number of hydrogen-bond acceptors (Lipinski definition) is 2. The predicted molar refractivity (Wildman–Crippen MR) is 71.2 cm³/mol. The average Bonchev–Trinajstić information content (AvgIpc) is 2.57. The van der Waals surface area contributed by atoms with Crippen LogP contribution in [0.4, 0.5) is 0 Å². The lowest BCUT2D eigenvalue weighted by Gasteiger charge is -2.27. The minimum atomic E-state index is 0.0504. The minimum absolute atomic E-state index is 0.0504. The summed E-state index contributed by atoms with van der Waals surface area (Å²) in [6.07, 6.45) is 4.41. The third-order valence-corrected chi connectivity index (χ3v) is 3.66. The molecule has 2 rings (SSSR count). The van der Waals surface area contributed by atoms with Crippen LogP contribution in [0.3, 0.4) is 0 Å². The second-order valence-corrected chi connectivity index (χ2v) is 7.30. The molecule has 1 atom stereocenters. The minimum Gasteiger partial charge on any atom is -0.240 e. The van der Waals surface area contributed by atoms with Gasteiger partial charge in [-0.05, 0) is 29.7 Å².